The third-order valence-corrected chi connectivity index (χ3v) is 1.88. The molecule has 0 spiro atoms. The van der Waals surface area contributed by atoms with Crippen LogP contribution in [0.25, 0.3) is 0 Å². The van der Waals surface area contributed by atoms with Crippen molar-refractivity contribution in [2.75, 3.05) is 18.5 Å². The zero-order valence-corrected chi connectivity index (χ0v) is 8.05. The zero-order valence-electron chi connectivity index (χ0n) is 8.05. The number of carboxylic acid groups (broad SMARTS) is 1. The van der Waals surface area contributed by atoms with Crippen molar-refractivity contribution in [3.05, 3.63) is 29.8 Å². The lowest BCUT2D eigenvalue weighted by Gasteiger charge is -2.09. The Morgan fingerprint density at radius 3 is 2.40 bits per heavy atom. The van der Waals surface area contributed by atoms with Gasteiger partial charge in [-0.15, -0.1) is 0 Å². The van der Waals surface area contributed by atoms with Gasteiger partial charge in [-0.3, -0.25) is 0 Å². The summed E-state index contributed by atoms with van der Waals surface area (Å²) in [6.45, 7) is -0.0802. The molecule has 1 rings (SSSR count). The number of aromatic carboxylic acids is 1. The van der Waals surface area contributed by atoms with Gasteiger partial charge in [0.1, 0.15) is 0 Å². The summed E-state index contributed by atoms with van der Waals surface area (Å²) < 4.78 is 0. The number of benzene rings is 1. The van der Waals surface area contributed by atoms with E-state index < -0.39 is 12.1 Å². The molecule has 0 aliphatic carbocycles. The second kappa shape index (κ2) is 5.33. The average Bonchev–Trinajstić information content (AvgIpc) is 2.26. The van der Waals surface area contributed by atoms with Crippen LogP contribution in [-0.2, 0) is 0 Å². The second-order valence-corrected chi connectivity index (χ2v) is 3.10. The molecular formula is C10H13NO4. The van der Waals surface area contributed by atoms with Gasteiger partial charge in [-0.2, -0.15) is 0 Å². The number of carboxylic acids is 1. The normalized spacial score (nSPS) is 12.1. The SMILES string of the molecule is O=C(O)c1ccc(NCC(O)CO)cc1. The molecule has 1 atom stereocenters. The minimum atomic E-state index is -0.975. The van der Waals surface area contributed by atoms with E-state index in [1.807, 2.05) is 0 Å². The van der Waals surface area contributed by atoms with Gasteiger partial charge in [0.15, 0.2) is 0 Å². The van der Waals surface area contributed by atoms with Gasteiger partial charge in [0.2, 0.25) is 0 Å². The number of hydrogen-bond donors (Lipinski definition) is 4. The molecule has 5 nitrogen and oxygen atoms in total. The monoisotopic (exact) mass is 211 g/mol. The summed E-state index contributed by atoms with van der Waals surface area (Å²) in [5, 5.41) is 29.1. The van der Waals surface area contributed by atoms with Crippen molar-refractivity contribution in [1.82, 2.24) is 0 Å². The summed E-state index contributed by atoms with van der Waals surface area (Å²) in [5.41, 5.74) is 0.913. The number of aliphatic hydroxyl groups is 2. The van der Waals surface area contributed by atoms with E-state index in [2.05, 4.69) is 5.32 Å². The number of rotatable bonds is 5. The van der Waals surface area contributed by atoms with Gasteiger partial charge in [-0.05, 0) is 24.3 Å². The molecule has 0 saturated heterocycles. The van der Waals surface area contributed by atoms with Crippen LogP contribution in [0, 0.1) is 0 Å². The molecule has 4 N–H and O–H groups in total. The van der Waals surface area contributed by atoms with Crippen molar-refractivity contribution >= 4 is 11.7 Å². The van der Waals surface area contributed by atoms with E-state index in [9.17, 15) is 4.79 Å². The first-order chi connectivity index (χ1) is 7.13. The van der Waals surface area contributed by atoms with E-state index in [1.165, 1.54) is 12.1 Å². The predicted octanol–water partition coefficient (Wildman–Crippen LogP) is 0.150. The number of anilines is 1. The fraction of sp³-hybridized carbons (Fsp3) is 0.300. The first-order valence-corrected chi connectivity index (χ1v) is 4.49. The molecule has 0 aliphatic heterocycles. The molecule has 0 radical (unpaired) electrons. The highest BCUT2D eigenvalue weighted by molar-refractivity contribution is 5.87. The van der Waals surface area contributed by atoms with E-state index in [4.69, 9.17) is 15.3 Å². The van der Waals surface area contributed by atoms with Crippen molar-refractivity contribution in [3.8, 4) is 0 Å². The maximum Gasteiger partial charge on any atom is 0.335 e. The van der Waals surface area contributed by atoms with E-state index in [-0.39, 0.29) is 18.7 Å². The van der Waals surface area contributed by atoms with Crippen LogP contribution in [0.2, 0.25) is 0 Å². The number of aliphatic hydroxyl groups excluding tert-OH is 2. The fourth-order valence-corrected chi connectivity index (χ4v) is 1.03. The highest BCUT2D eigenvalue weighted by Crippen LogP contribution is 2.09. The van der Waals surface area contributed by atoms with Crippen LogP contribution in [-0.4, -0.2) is 40.5 Å². The van der Waals surface area contributed by atoms with Gasteiger partial charge in [0, 0.05) is 12.2 Å². The molecule has 1 aromatic carbocycles. The standard InChI is InChI=1S/C10H13NO4/c12-6-9(13)5-11-8-3-1-7(2-4-8)10(14)15/h1-4,9,11-13H,5-6H2,(H,14,15). The largest absolute Gasteiger partial charge is 0.478 e. The molecule has 0 fully saturated rings. The summed E-state index contributed by atoms with van der Waals surface area (Å²) >= 11 is 0. The Bertz CT molecular complexity index is 323. The van der Waals surface area contributed by atoms with Crippen molar-refractivity contribution in [3.63, 3.8) is 0 Å². The van der Waals surface area contributed by atoms with E-state index in [0.29, 0.717) is 5.69 Å². The van der Waals surface area contributed by atoms with Crippen LogP contribution in [0.5, 0.6) is 0 Å². The zero-order chi connectivity index (χ0) is 11.3. The van der Waals surface area contributed by atoms with Crippen LogP contribution in [0.3, 0.4) is 0 Å². The number of hydrogen-bond acceptors (Lipinski definition) is 4. The lowest BCUT2D eigenvalue weighted by molar-refractivity contribution is 0.0697. The third-order valence-electron chi connectivity index (χ3n) is 1.88. The van der Waals surface area contributed by atoms with Crippen molar-refractivity contribution in [2.24, 2.45) is 0 Å². The summed E-state index contributed by atoms with van der Waals surface area (Å²) in [4.78, 5) is 10.5. The number of carbonyl (C=O) groups is 1. The summed E-state index contributed by atoms with van der Waals surface area (Å²) in [6, 6.07) is 6.15. The molecule has 5 heteroatoms. The average molecular weight is 211 g/mol. The van der Waals surface area contributed by atoms with Gasteiger partial charge in [0.25, 0.3) is 0 Å². The van der Waals surface area contributed by atoms with E-state index >= 15 is 0 Å². The highest BCUT2D eigenvalue weighted by Gasteiger charge is 2.03. The molecule has 1 unspecified atom stereocenters. The lowest BCUT2D eigenvalue weighted by Crippen LogP contribution is -2.22. The van der Waals surface area contributed by atoms with E-state index in [0.717, 1.165) is 0 Å². The topological polar surface area (TPSA) is 89.8 Å². The van der Waals surface area contributed by atoms with E-state index in [1.54, 1.807) is 12.1 Å². The van der Waals surface area contributed by atoms with Gasteiger partial charge in [-0.25, -0.2) is 4.79 Å². The fourth-order valence-electron chi connectivity index (χ4n) is 1.03. The molecule has 0 amide bonds. The Kier molecular flexibility index (Phi) is 4.08. The Labute approximate surface area is 87.0 Å². The van der Waals surface area contributed by atoms with Gasteiger partial charge in [-0.1, -0.05) is 0 Å². The molecule has 0 saturated carbocycles. The molecule has 82 valence electrons. The summed E-state index contributed by atoms with van der Waals surface area (Å²) in [6.07, 6.45) is -0.816. The Balaban J connectivity index is 2.53. The minimum absolute atomic E-state index is 0.211. The highest BCUT2D eigenvalue weighted by atomic mass is 16.4. The molecule has 0 aromatic heterocycles. The molecule has 0 heterocycles. The van der Waals surface area contributed by atoms with Crippen LogP contribution in [0.4, 0.5) is 5.69 Å². The Morgan fingerprint density at radius 1 is 1.33 bits per heavy atom. The molecule has 1 aromatic rings. The summed E-state index contributed by atoms with van der Waals surface area (Å²) in [5.74, 6) is -0.975. The minimum Gasteiger partial charge on any atom is -0.478 e. The van der Waals surface area contributed by atoms with Crippen molar-refractivity contribution < 1.29 is 20.1 Å². The van der Waals surface area contributed by atoms with Gasteiger partial charge in [0.05, 0.1) is 18.3 Å². The molecule has 15 heavy (non-hydrogen) atoms. The first-order valence-electron chi connectivity index (χ1n) is 4.49. The predicted molar refractivity (Wildman–Crippen MR) is 55.0 cm³/mol. The Hall–Kier alpha value is -1.59. The lowest BCUT2D eigenvalue weighted by atomic mass is 10.2. The smallest absolute Gasteiger partial charge is 0.335 e. The van der Waals surface area contributed by atoms with Crippen molar-refractivity contribution in [2.45, 2.75) is 6.10 Å². The quantitative estimate of drug-likeness (QED) is 0.556. The third kappa shape index (κ3) is 3.57. The first kappa shape index (κ1) is 11.5. The van der Waals surface area contributed by atoms with Gasteiger partial charge < -0.3 is 20.6 Å². The van der Waals surface area contributed by atoms with Gasteiger partial charge >= 0.3 is 5.97 Å². The maximum absolute atomic E-state index is 10.5. The molecule has 0 bridgehead atoms. The molecule has 0 aliphatic rings. The van der Waals surface area contributed by atoms with Crippen molar-refractivity contribution in [1.29, 1.82) is 0 Å². The van der Waals surface area contributed by atoms with Crippen LogP contribution in [0.15, 0.2) is 24.3 Å². The van der Waals surface area contributed by atoms with Crippen LogP contribution < -0.4 is 5.32 Å². The summed E-state index contributed by atoms with van der Waals surface area (Å²) in [7, 11) is 0. The van der Waals surface area contributed by atoms with Crippen LogP contribution in [0.1, 0.15) is 10.4 Å². The second-order valence-electron chi connectivity index (χ2n) is 3.10. The Morgan fingerprint density at radius 2 is 1.93 bits per heavy atom. The number of nitrogens with one attached hydrogen (secondary N) is 1. The maximum atomic E-state index is 10.5. The molecular weight excluding hydrogens is 198 g/mol. The van der Waals surface area contributed by atoms with Crippen LogP contribution >= 0.6 is 0 Å².